The summed E-state index contributed by atoms with van der Waals surface area (Å²) in [5, 5.41) is -0.746. The number of hydrogen-bond donors (Lipinski definition) is 5. The molecule has 0 bridgehead atoms. The molecule has 106 heavy (non-hydrogen) atoms. The van der Waals surface area contributed by atoms with Crippen LogP contribution >= 0.6 is 0 Å². The van der Waals surface area contributed by atoms with Crippen molar-refractivity contribution in [3.63, 3.8) is 0 Å². The molecule has 5 N–H and O–H groups in total. The van der Waals surface area contributed by atoms with Crippen LogP contribution in [0.4, 0.5) is 22.7 Å². The Hall–Kier alpha value is -6.21. The van der Waals surface area contributed by atoms with Crippen molar-refractivity contribution in [3.05, 3.63) is 144 Å². The summed E-state index contributed by atoms with van der Waals surface area (Å²) in [6, 6.07) is 16.9. The van der Waals surface area contributed by atoms with Crippen LogP contribution in [-0.2, 0) is 71.5 Å². The molecule has 0 unspecified atom stereocenters. The van der Waals surface area contributed by atoms with Crippen molar-refractivity contribution in [1.82, 2.24) is 4.58 Å². The van der Waals surface area contributed by atoms with Gasteiger partial charge in [0.05, 0.1) is 139 Å². The summed E-state index contributed by atoms with van der Waals surface area (Å²) < 4.78 is 224. The SMILES string of the molecule is CC1(C)C(/C=C/C=C/C=C2/N(c3cccc(S(=O)(=O)[O-])c3)c3cc(S(=O)(=O)[O-])c4cc(S(=O)(=O)[O-])ccc4c3C2(C)C)=[N+](c2cccc(S(=O)(=O)[O-])c2)c2cc(S(=O)(=O)[O-])c3cc(S(=O)(=O)[O-])ccc3c21.CC[NH+](CC)CC.CC[NH+](CC)CC.CC[NH+](CC)CC.CC[NH+](CC)CC.CC[NH+](CC)CC. The van der Waals surface area contributed by atoms with Crippen molar-refractivity contribution >= 4 is 111 Å². The first-order valence-corrected chi connectivity index (χ1v) is 44.6. The van der Waals surface area contributed by atoms with E-state index in [2.05, 4.69) is 104 Å². The van der Waals surface area contributed by atoms with E-state index < -0.39 is 112 Å². The zero-order chi connectivity index (χ0) is 80.9. The molecule has 8 rings (SSSR count). The van der Waals surface area contributed by atoms with Crippen molar-refractivity contribution in [2.45, 2.75) is 172 Å². The summed E-state index contributed by atoms with van der Waals surface area (Å²) in [4.78, 5) is 4.92. The molecule has 25 nitrogen and oxygen atoms in total. The Morgan fingerprint density at radius 2 is 0.698 bits per heavy atom. The monoisotopic (exact) mass is 1590 g/mol. The largest absolute Gasteiger partial charge is 0.744 e. The average Bonchev–Trinajstić information content (AvgIpc) is 1.54. The summed E-state index contributed by atoms with van der Waals surface area (Å²) in [7, 11) is -31.3. The number of quaternary nitrogens is 5. The fourth-order valence-electron chi connectivity index (χ4n) is 13.0. The Balaban J connectivity index is 0.000000684. The number of hydrogen-bond acceptors (Lipinski definition) is 19. The van der Waals surface area contributed by atoms with E-state index in [1.807, 2.05) is 0 Å². The van der Waals surface area contributed by atoms with E-state index in [0.29, 0.717) is 0 Å². The minimum Gasteiger partial charge on any atom is -0.744 e. The molecule has 2 heterocycles. The molecule has 592 valence electrons. The number of nitrogens with zero attached hydrogens (tertiary/aromatic N) is 2. The minimum absolute atomic E-state index is 0.00180. The second-order valence-electron chi connectivity index (χ2n) is 26.3. The van der Waals surface area contributed by atoms with Gasteiger partial charge in [0.25, 0.3) is 0 Å². The molecule has 0 saturated carbocycles. The minimum atomic E-state index is -5.43. The van der Waals surface area contributed by atoms with Crippen LogP contribution in [-0.4, -0.2) is 182 Å². The lowest BCUT2D eigenvalue weighted by molar-refractivity contribution is -0.894. The highest BCUT2D eigenvalue weighted by molar-refractivity contribution is 7.87. The average molecular weight is 1590 g/mol. The third-order valence-corrected chi connectivity index (χ3v) is 24.7. The highest BCUT2D eigenvalue weighted by Gasteiger charge is 2.48. The van der Waals surface area contributed by atoms with Gasteiger partial charge in [0.15, 0.2) is 5.71 Å². The maximum Gasteiger partial charge on any atom is 0.217 e. The molecule has 6 aromatic rings. The Labute approximate surface area is 632 Å². The van der Waals surface area contributed by atoms with E-state index in [9.17, 15) is 77.8 Å². The van der Waals surface area contributed by atoms with Crippen LogP contribution in [0.3, 0.4) is 0 Å². The van der Waals surface area contributed by atoms with Crippen LogP contribution in [0.15, 0.2) is 163 Å². The number of fused-ring (bicyclic) bond motifs is 6. The number of rotatable bonds is 26. The van der Waals surface area contributed by atoms with Gasteiger partial charge in [-0.05, 0) is 195 Å². The van der Waals surface area contributed by atoms with Gasteiger partial charge in [0.2, 0.25) is 11.4 Å². The number of nitrogens with one attached hydrogen (secondary N) is 5. The molecule has 0 amide bonds. The van der Waals surface area contributed by atoms with E-state index in [4.69, 9.17) is 0 Å². The van der Waals surface area contributed by atoms with Crippen LogP contribution in [0.2, 0.25) is 0 Å². The molecular weight excluding hydrogens is 1480 g/mol. The van der Waals surface area contributed by atoms with Crippen LogP contribution in [0.1, 0.15) is 143 Å². The maximum atomic E-state index is 12.8. The molecule has 31 heteroatoms. The fraction of sp³-hybridized carbons (Fsp3) is 0.480. The summed E-state index contributed by atoms with van der Waals surface area (Å²) in [5.74, 6) is 0. The van der Waals surface area contributed by atoms with Gasteiger partial charge in [-0.25, -0.2) is 50.5 Å². The van der Waals surface area contributed by atoms with Crippen LogP contribution < -0.4 is 34.0 Å². The Bertz CT molecular complexity index is 4710. The van der Waals surface area contributed by atoms with Crippen molar-refractivity contribution in [2.75, 3.05) is 103 Å². The zero-order valence-electron chi connectivity index (χ0n) is 64.9. The predicted molar refractivity (Wildman–Crippen MR) is 413 cm³/mol. The van der Waals surface area contributed by atoms with E-state index in [-0.39, 0.29) is 56.1 Å². The standard InChI is InChI=1S/C45H38N2O18S6.5C6H15N/c1-44(2)40(46(26-10-8-12-28(20-26)66(48,49)50)36-24-38(70(60,61)62)34-22-30(68(54,55)56)16-18-32(34)42(36)44)14-6-5-7-15-41-45(3,4)43-33-19-17-31(69(57,58)59)23-35(33)39(71(63,64)65)25-37(43)47(41)27-11-9-13-29(21-27)67(51,52)53;5*1-4-7(5-2)6-3/h5-25H,1-4H3,(H5-,48,49,50,51,52,53,54,55,56,57,58,59,60,61,62,63,64,65);5*4-6H2,1-3H3. The topological polar surface area (TPSA) is 372 Å². The lowest BCUT2D eigenvalue weighted by Crippen LogP contribution is -3.11. The van der Waals surface area contributed by atoms with Gasteiger partial charge in [0, 0.05) is 57.4 Å². The first-order chi connectivity index (χ1) is 49.3. The van der Waals surface area contributed by atoms with Gasteiger partial charge in [0.1, 0.15) is 60.7 Å². The summed E-state index contributed by atoms with van der Waals surface area (Å²) in [6.07, 6.45) is 7.44. The normalized spacial score (nSPS) is 14.8. The maximum absolute atomic E-state index is 12.8. The second-order valence-corrected chi connectivity index (χ2v) is 34.5. The molecule has 2 aliphatic heterocycles. The van der Waals surface area contributed by atoms with Gasteiger partial charge >= 0.3 is 0 Å². The van der Waals surface area contributed by atoms with E-state index in [0.717, 1.165) is 72.8 Å². The molecule has 0 atom stereocenters. The molecule has 6 aromatic carbocycles. The summed E-state index contributed by atoms with van der Waals surface area (Å²) in [5.41, 5.74) is -1.42. The molecule has 2 aliphatic rings. The molecule has 0 aromatic heterocycles. The van der Waals surface area contributed by atoms with Crippen molar-refractivity contribution in [1.29, 1.82) is 0 Å². The molecule has 0 spiro atoms. The fourth-order valence-corrected chi connectivity index (χ4v) is 16.4. The van der Waals surface area contributed by atoms with Gasteiger partial charge in [-0.15, -0.1) is 0 Å². The highest BCUT2D eigenvalue weighted by atomic mass is 32.2. The lowest BCUT2D eigenvalue weighted by atomic mass is 9.79. The highest BCUT2D eigenvalue weighted by Crippen LogP contribution is 2.55. The Morgan fingerprint density at radius 3 is 1.05 bits per heavy atom. The van der Waals surface area contributed by atoms with E-state index >= 15 is 0 Å². The van der Waals surface area contributed by atoms with Gasteiger partial charge in [-0.3, -0.25) is 0 Å². The Kier molecular flexibility index (Phi) is 35.9. The number of allylic oxidation sites excluding steroid dienone is 6. The van der Waals surface area contributed by atoms with E-state index in [1.165, 1.54) is 162 Å². The second kappa shape index (κ2) is 40.5. The first-order valence-electron chi connectivity index (χ1n) is 36.2. The first kappa shape index (κ1) is 94.0. The summed E-state index contributed by atoms with van der Waals surface area (Å²) >= 11 is 0. The third-order valence-electron chi connectivity index (χ3n) is 19.7. The van der Waals surface area contributed by atoms with Gasteiger partial charge in [-0.2, -0.15) is 4.58 Å². The predicted octanol–water partition coefficient (Wildman–Crippen LogP) is 4.77. The van der Waals surface area contributed by atoms with Crippen molar-refractivity contribution in [2.24, 2.45) is 0 Å². The summed E-state index contributed by atoms with van der Waals surface area (Å²) in [6.45, 7) is 59.1. The van der Waals surface area contributed by atoms with Crippen LogP contribution in [0.25, 0.3) is 21.5 Å². The quantitative estimate of drug-likeness (QED) is 0.0277. The third kappa shape index (κ3) is 24.4. The van der Waals surface area contributed by atoms with E-state index in [1.54, 1.807) is 52.2 Å². The molecule has 0 saturated heterocycles. The number of benzene rings is 6. The van der Waals surface area contributed by atoms with Gasteiger partial charge < -0.3 is 56.7 Å². The van der Waals surface area contributed by atoms with Crippen LogP contribution in [0, 0.1) is 0 Å². The molecule has 0 radical (unpaired) electrons. The van der Waals surface area contributed by atoms with Gasteiger partial charge in [-0.1, -0.05) is 56.3 Å². The van der Waals surface area contributed by atoms with Crippen molar-refractivity contribution in [3.8, 4) is 0 Å². The lowest BCUT2D eigenvalue weighted by Gasteiger charge is -2.27. The smallest absolute Gasteiger partial charge is 0.217 e. The Morgan fingerprint density at radius 1 is 0.358 bits per heavy atom. The van der Waals surface area contributed by atoms with Crippen LogP contribution in [0.5, 0.6) is 0 Å². The number of anilines is 2. The molecule has 0 fully saturated rings. The molecule has 0 aliphatic carbocycles. The molecular formula is C75H113N7O18S6. The zero-order valence-corrected chi connectivity index (χ0v) is 69.8. The van der Waals surface area contributed by atoms with Crippen molar-refractivity contribution < 1.29 is 102 Å².